The molecular formula is C9H15N5O2. The third-order valence-corrected chi connectivity index (χ3v) is 2.63. The van der Waals surface area contributed by atoms with E-state index in [2.05, 4.69) is 25.9 Å². The summed E-state index contributed by atoms with van der Waals surface area (Å²) in [7, 11) is 0. The van der Waals surface area contributed by atoms with Crippen LogP contribution in [0, 0.1) is 0 Å². The van der Waals surface area contributed by atoms with E-state index < -0.39 is 0 Å². The number of nitrogens with one attached hydrogen (secondary N) is 2. The molecule has 3 atom stereocenters. The maximum Gasteiger partial charge on any atom is 0.249 e. The minimum Gasteiger partial charge on any atom is -0.365 e. The molecule has 7 heteroatoms. The van der Waals surface area contributed by atoms with Crippen LogP contribution in [0.15, 0.2) is 0 Å². The monoisotopic (exact) mass is 225 g/mol. The average Bonchev–Trinajstić information content (AvgIpc) is 2.87. The van der Waals surface area contributed by atoms with Gasteiger partial charge in [-0.15, -0.1) is 10.2 Å². The molecule has 1 aromatic heterocycles. The van der Waals surface area contributed by atoms with Gasteiger partial charge in [0.1, 0.15) is 6.10 Å². The second-order valence-electron chi connectivity index (χ2n) is 4.01. The molecule has 16 heavy (non-hydrogen) atoms. The predicted octanol–water partition coefficient (Wildman–Crippen LogP) is -0.0556. The number of rotatable bonds is 3. The van der Waals surface area contributed by atoms with E-state index in [1.165, 1.54) is 0 Å². The molecule has 1 aromatic rings. The van der Waals surface area contributed by atoms with Crippen molar-refractivity contribution in [3.05, 3.63) is 5.82 Å². The van der Waals surface area contributed by atoms with Gasteiger partial charge in [-0.25, -0.2) is 0 Å². The fourth-order valence-corrected chi connectivity index (χ4v) is 1.72. The second kappa shape index (κ2) is 4.56. The van der Waals surface area contributed by atoms with Crippen LogP contribution in [0.4, 0.5) is 0 Å². The Bertz CT molecular complexity index is 353. The maximum absolute atomic E-state index is 11.8. The normalized spacial score (nSPS) is 26.6. The lowest BCUT2D eigenvalue weighted by molar-refractivity contribution is -0.132. The van der Waals surface area contributed by atoms with Crippen LogP contribution in [0.2, 0.25) is 0 Å². The van der Waals surface area contributed by atoms with E-state index in [1.54, 1.807) is 6.92 Å². The average molecular weight is 225 g/mol. The summed E-state index contributed by atoms with van der Waals surface area (Å²) in [5, 5.41) is 16.2. The van der Waals surface area contributed by atoms with E-state index in [4.69, 9.17) is 4.74 Å². The van der Waals surface area contributed by atoms with Gasteiger partial charge in [-0.2, -0.15) is 5.21 Å². The quantitative estimate of drug-likeness (QED) is 0.752. The lowest BCUT2D eigenvalue weighted by Crippen LogP contribution is -2.36. The number of H-pyrrole nitrogens is 1. The Kier molecular flexibility index (Phi) is 3.14. The lowest BCUT2D eigenvalue weighted by Gasteiger charge is -2.14. The van der Waals surface area contributed by atoms with Crippen LogP contribution in [-0.4, -0.2) is 38.7 Å². The minimum atomic E-state index is -0.343. The van der Waals surface area contributed by atoms with Crippen LogP contribution in [0.25, 0.3) is 0 Å². The van der Waals surface area contributed by atoms with Crippen LogP contribution in [-0.2, 0) is 9.53 Å². The molecule has 1 aliphatic rings. The molecule has 0 spiro atoms. The van der Waals surface area contributed by atoms with Gasteiger partial charge in [0, 0.05) is 0 Å². The number of amides is 1. The molecule has 88 valence electrons. The number of ether oxygens (including phenoxy) is 1. The van der Waals surface area contributed by atoms with E-state index >= 15 is 0 Å². The number of nitrogens with zero attached hydrogens (tertiary/aromatic N) is 3. The van der Waals surface area contributed by atoms with Gasteiger partial charge < -0.3 is 10.1 Å². The Morgan fingerprint density at radius 1 is 1.62 bits per heavy atom. The van der Waals surface area contributed by atoms with Crippen molar-refractivity contribution >= 4 is 5.91 Å². The van der Waals surface area contributed by atoms with Crippen molar-refractivity contribution in [3.63, 3.8) is 0 Å². The number of carbonyl (C=O) groups is 1. The molecule has 2 heterocycles. The highest BCUT2D eigenvalue weighted by molar-refractivity contribution is 5.81. The molecule has 1 saturated heterocycles. The molecule has 0 saturated carbocycles. The molecule has 1 amide bonds. The van der Waals surface area contributed by atoms with Crippen LogP contribution in [0.3, 0.4) is 0 Å². The van der Waals surface area contributed by atoms with Crippen molar-refractivity contribution < 1.29 is 9.53 Å². The van der Waals surface area contributed by atoms with Crippen molar-refractivity contribution in [1.29, 1.82) is 0 Å². The Morgan fingerprint density at radius 2 is 2.44 bits per heavy atom. The molecule has 0 bridgehead atoms. The van der Waals surface area contributed by atoms with Gasteiger partial charge in [0.15, 0.2) is 5.82 Å². The highest BCUT2D eigenvalue weighted by atomic mass is 16.5. The fraction of sp³-hybridized carbons (Fsp3) is 0.778. The Hall–Kier alpha value is -1.50. The highest BCUT2D eigenvalue weighted by Crippen LogP contribution is 2.19. The molecule has 2 rings (SSSR count). The minimum absolute atomic E-state index is 0.110. The van der Waals surface area contributed by atoms with Crippen LogP contribution < -0.4 is 5.32 Å². The Balaban J connectivity index is 1.88. The van der Waals surface area contributed by atoms with Crippen molar-refractivity contribution in [3.8, 4) is 0 Å². The molecule has 7 nitrogen and oxygen atoms in total. The molecule has 0 aromatic carbocycles. The molecule has 3 unspecified atom stereocenters. The summed E-state index contributed by atoms with van der Waals surface area (Å²) >= 11 is 0. The predicted molar refractivity (Wildman–Crippen MR) is 54.3 cm³/mol. The molecule has 1 fully saturated rings. The van der Waals surface area contributed by atoms with Gasteiger partial charge in [0.2, 0.25) is 5.91 Å². The van der Waals surface area contributed by atoms with Crippen LogP contribution in [0.5, 0.6) is 0 Å². The first-order valence-corrected chi connectivity index (χ1v) is 5.36. The van der Waals surface area contributed by atoms with Crippen LogP contribution in [0.1, 0.15) is 38.6 Å². The van der Waals surface area contributed by atoms with Gasteiger partial charge >= 0.3 is 0 Å². The molecule has 2 N–H and O–H groups in total. The summed E-state index contributed by atoms with van der Waals surface area (Å²) in [6.45, 7) is 3.77. The van der Waals surface area contributed by atoms with Crippen molar-refractivity contribution in [2.75, 3.05) is 0 Å². The number of carbonyl (C=O) groups excluding carboxylic acids is 1. The summed E-state index contributed by atoms with van der Waals surface area (Å²) < 4.78 is 5.47. The zero-order valence-electron chi connectivity index (χ0n) is 9.30. The van der Waals surface area contributed by atoms with E-state index in [9.17, 15) is 4.79 Å². The summed E-state index contributed by atoms with van der Waals surface area (Å²) in [6, 6.07) is -0.259. The zero-order valence-corrected chi connectivity index (χ0v) is 9.30. The van der Waals surface area contributed by atoms with E-state index in [-0.39, 0.29) is 24.2 Å². The van der Waals surface area contributed by atoms with Crippen LogP contribution >= 0.6 is 0 Å². The summed E-state index contributed by atoms with van der Waals surface area (Å²) in [5.41, 5.74) is 0. The lowest BCUT2D eigenvalue weighted by atomic mass is 10.2. The van der Waals surface area contributed by atoms with E-state index in [1.807, 2.05) is 6.92 Å². The molecule has 0 aliphatic carbocycles. The van der Waals surface area contributed by atoms with Gasteiger partial charge in [-0.3, -0.25) is 4.79 Å². The second-order valence-corrected chi connectivity index (χ2v) is 4.01. The summed E-state index contributed by atoms with van der Waals surface area (Å²) in [4.78, 5) is 11.8. The molecule has 1 aliphatic heterocycles. The first-order valence-electron chi connectivity index (χ1n) is 5.36. The topological polar surface area (TPSA) is 92.8 Å². The van der Waals surface area contributed by atoms with Gasteiger partial charge in [0.05, 0.1) is 12.1 Å². The molecular weight excluding hydrogens is 210 g/mol. The van der Waals surface area contributed by atoms with E-state index in [0.717, 1.165) is 12.8 Å². The molecule has 0 radical (unpaired) electrons. The van der Waals surface area contributed by atoms with Gasteiger partial charge in [-0.1, -0.05) is 5.21 Å². The number of hydrogen-bond donors (Lipinski definition) is 2. The zero-order chi connectivity index (χ0) is 11.5. The number of aromatic amines is 1. The highest BCUT2D eigenvalue weighted by Gasteiger charge is 2.29. The van der Waals surface area contributed by atoms with Gasteiger partial charge in [-0.05, 0) is 26.7 Å². The van der Waals surface area contributed by atoms with Crippen molar-refractivity contribution in [2.24, 2.45) is 0 Å². The smallest absolute Gasteiger partial charge is 0.249 e. The maximum atomic E-state index is 11.8. The number of tetrazole rings is 1. The Morgan fingerprint density at radius 3 is 3.00 bits per heavy atom. The third-order valence-electron chi connectivity index (χ3n) is 2.63. The SMILES string of the molecule is CC1CCC(C(=O)NC(C)c2nn[nH]n2)O1. The third kappa shape index (κ3) is 2.35. The fourth-order valence-electron chi connectivity index (χ4n) is 1.72. The standard InChI is InChI=1S/C9H15N5O2/c1-5-3-4-7(16-5)9(15)10-6(2)8-11-13-14-12-8/h5-7H,3-4H2,1-2H3,(H,10,15)(H,11,12,13,14). The largest absolute Gasteiger partial charge is 0.365 e. The summed E-state index contributed by atoms with van der Waals surface area (Å²) in [6.07, 6.45) is 1.52. The first kappa shape index (κ1) is 11.0. The number of hydrogen-bond acceptors (Lipinski definition) is 5. The summed E-state index contributed by atoms with van der Waals surface area (Å²) in [5.74, 6) is 0.362. The van der Waals surface area contributed by atoms with Crippen molar-refractivity contribution in [2.45, 2.75) is 44.9 Å². The van der Waals surface area contributed by atoms with E-state index in [0.29, 0.717) is 5.82 Å². The van der Waals surface area contributed by atoms with Gasteiger partial charge in [0.25, 0.3) is 0 Å². The van der Waals surface area contributed by atoms with Crippen molar-refractivity contribution in [1.82, 2.24) is 25.9 Å². The first-order chi connectivity index (χ1) is 7.66. The number of aromatic nitrogens is 4. The Labute approximate surface area is 92.9 Å².